The Morgan fingerprint density at radius 3 is 2.61 bits per heavy atom. The highest BCUT2D eigenvalue weighted by atomic mass is 19.1. The molecule has 0 saturated carbocycles. The van der Waals surface area contributed by atoms with E-state index in [0.717, 1.165) is 36.0 Å². The smallest absolute Gasteiger partial charge is 0.130 e. The van der Waals surface area contributed by atoms with Crippen LogP contribution in [0.3, 0.4) is 0 Å². The van der Waals surface area contributed by atoms with Crippen LogP contribution in [-0.2, 0) is 18.7 Å². The second-order valence-electron chi connectivity index (χ2n) is 7.95. The van der Waals surface area contributed by atoms with Gasteiger partial charge >= 0.3 is 0 Å². The fraction of sp³-hybridized carbons (Fsp3) is 0.455. The molecule has 1 saturated heterocycles. The molecule has 4 rings (SSSR count). The highest BCUT2D eigenvalue weighted by molar-refractivity contribution is 5.40. The lowest BCUT2D eigenvalue weighted by molar-refractivity contribution is -0.0204. The Morgan fingerprint density at radius 1 is 1.07 bits per heavy atom. The van der Waals surface area contributed by atoms with Crippen LogP contribution in [-0.4, -0.2) is 48.2 Å². The standard InChI is InChI=1S/C22H26F2N2O2/c1-25-8-6-22(27,7-9-25)18-3-5-21-17(12-18)15-26(10-11-28-21)14-16-2-4-19(23)13-20(16)24/h2-5,12-13,27H,6-11,14-15H2,1H3. The normalized spacial score (nSPS) is 20.3. The largest absolute Gasteiger partial charge is 0.492 e. The summed E-state index contributed by atoms with van der Waals surface area (Å²) >= 11 is 0. The first-order chi connectivity index (χ1) is 13.4. The number of ether oxygens (including phenoxy) is 1. The van der Waals surface area contributed by atoms with Crippen LogP contribution in [0.25, 0.3) is 0 Å². The molecule has 0 atom stereocenters. The van der Waals surface area contributed by atoms with Crippen molar-refractivity contribution < 1.29 is 18.6 Å². The van der Waals surface area contributed by atoms with Gasteiger partial charge in [0, 0.05) is 49.9 Å². The van der Waals surface area contributed by atoms with Crippen molar-refractivity contribution in [2.45, 2.75) is 31.5 Å². The molecule has 28 heavy (non-hydrogen) atoms. The van der Waals surface area contributed by atoms with Crippen molar-refractivity contribution in [2.24, 2.45) is 0 Å². The molecule has 0 aromatic heterocycles. The molecule has 4 nitrogen and oxygen atoms in total. The molecule has 0 amide bonds. The van der Waals surface area contributed by atoms with Crippen LogP contribution in [0.4, 0.5) is 8.78 Å². The van der Waals surface area contributed by atoms with E-state index in [1.165, 1.54) is 12.1 Å². The number of nitrogens with zero attached hydrogens (tertiary/aromatic N) is 2. The third kappa shape index (κ3) is 4.04. The maximum atomic E-state index is 14.1. The Morgan fingerprint density at radius 2 is 1.86 bits per heavy atom. The van der Waals surface area contributed by atoms with E-state index >= 15 is 0 Å². The van der Waals surface area contributed by atoms with Gasteiger partial charge in [0.2, 0.25) is 0 Å². The zero-order chi connectivity index (χ0) is 19.7. The van der Waals surface area contributed by atoms with E-state index in [2.05, 4.69) is 16.8 Å². The van der Waals surface area contributed by atoms with Crippen LogP contribution >= 0.6 is 0 Å². The summed E-state index contributed by atoms with van der Waals surface area (Å²) in [4.78, 5) is 4.31. The fourth-order valence-electron chi connectivity index (χ4n) is 4.04. The van der Waals surface area contributed by atoms with E-state index in [1.54, 1.807) is 0 Å². The Balaban J connectivity index is 1.55. The summed E-state index contributed by atoms with van der Waals surface area (Å²) in [6.07, 6.45) is 1.40. The minimum absolute atomic E-state index is 0.383. The summed E-state index contributed by atoms with van der Waals surface area (Å²) in [5.74, 6) is -0.288. The highest BCUT2D eigenvalue weighted by Crippen LogP contribution is 2.36. The molecule has 0 radical (unpaired) electrons. The first-order valence-electron chi connectivity index (χ1n) is 9.76. The van der Waals surface area contributed by atoms with Crippen molar-refractivity contribution in [1.82, 2.24) is 9.80 Å². The van der Waals surface area contributed by atoms with Crippen molar-refractivity contribution >= 4 is 0 Å². The topological polar surface area (TPSA) is 35.9 Å². The molecular weight excluding hydrogens is 362 g/mol. The van der Waals surface area contributed by atoms with Crippen molar-refractivity contribution in [3.05, 3.63) is 64.7 Å². The first kappa shape index (κ1) is 19.3. The van der Waals surface area contributed by atoms with Crippen molar-refractivity contribution in [3.63, 3.8) is 0 Å². The number of likely N-dealkylation sites (tertiary alicyclic amines) is 1. The lowest BCUT2D eigenvalue weighted by Gasteiger charge is -2.37. The molecule has 2 aliphatic heterocycles. The molecule has 0 bridgehead atoms. The van der Waals surface area contributed by atoms with Gasteiger partial charge in [-0.25, -0.2) is 8.78 Å². The van der Waals surface area contributed by atoms with Gasteiger partial charge in [-0.05, 0) is 43.7 Å². The molecule has 2 heterocycles. The van der Waals surface area contributed by atoms with Gasteiger partial charge in [-0.15, -0.1) is 0 Å². The van der Waals surface area contributed by atoms with Crippen LogP contribution in [0.15, 0.2) is 36.4 Å². The zero-order valence-electron chi connectivity index (χ0n) is 16.1. The van der Waals surface area contributed by atoms with E-state index in [0.29, 0.717) is 44.6 Å². The van der Waals surface area contributed by atoms with E-state index in [-0.39, 0.29) is 0 Å². The number of piperidine rings is 1. The molecule has 2 aromatic carbocycles. The minimum atomic E-state index is -0.818. The molecule has 0 aliphatic carbocycles. The fourth-order valence-corrected chi connectivity index (χ4v) is 4.04. The molecule has 2 aliphatic rings. The van der Waals surface area contributed by atoms with Crippen LogP contribution in [0.5, 0.6) is 5.75 Å². The Hall–Kier alpha value is -2.02. The van der Waals surface area contributed by atoms with Gasteiger partial charge in [-0.3, -0.25) is 4.90 Å². The summed E-state index contributed by atoms with van der Waals surface area (Å²) in [7, 11) is 2.07. The van der Waals surface area contributed by atoms with E-state index in [9.17, 15) is 13.9 Å². The minimum Gasteiger partial charge on any atom is -0.492 e. The van der Waals surface area contributed by atoms with Crippen LogP contribution in [0.1, 0.15) is 29.5 Å². The van der Waals surface area contributed by atoms with Crippen molar-refractivity contribution in [2.75, 3.05) is 33.3 Å². The number of fused-ring (bicyclic) bond motifs is 1. The highest BCUT2D eigenvalue weighted by Gasteiger charge is 2.33. The summed E-state index contributed by atoms with van der Waals surface area (Å²) in [5, 5.41) is 11.1. The van der Waals surface area contributed by atoms with Crippen LogP contribution < -0.4 is 4.74 Å². The molecule has 1 N–H and O–H groups in total. The van der Waals surface area contributed by atoms with Crippen molar-refractivity contribution in [3.8, 4) is 5.75 Å². The van der Waals surface area contributed by atoms with E-state index in [1.807, 2.05) is 18.2 Å². The molecule has 1 fully saturated rings. The van der Waals surface area contributed by atoms with Gasteiger partial charge in [-0.2, -0.15) is 0 Å². The second kappa shape index (κ2) is 7.78. The average Bonchev–Trinajstić information content (AvgIpc) is 2.87. The maximum absolute atomic E-state index is 14.1. The number of aliphatic hydroxyl groups is 1. The number of hydrogen-bond donors (Lipinski definition) is 1. The lowest BCUT2D eigenvalue weighted by atomic mass is 9.84. The van der Waals surface area contributed by atoms with Crippen LogP contribution in [0.2, 0.25) is 0 Å². The second-order valence-corrected chi connectivity index (χ2v) is 7.95. The third-order valence-electron chi connectivity index (χ3n) is 5.88. The van der Waals surface area contributed by atoms with Gasteiger partial charge in [0.1, 0.15) is 24.0 Å². The first-order valence-corrected chi connectivity index (χ1v) is 9.76. The Bertz CT molecular complexity index is 850. The predicted octanol–water partition coefficient (Wildman–Crippen LogP) is 3.27. The average molecular weight is 388 g/mol. The number of benzene rings is 2. The molecule has 0 spiro atoms. The Kier molecular flexibility index (Phi) is 5.36. The van der Waals surface area contributed by atoms with Gasteiger partial charge in [0.05, 0.1) is 5.60 Å². The monoisotopic (exact) mass is 388 g/mol. The molecule has 150 valence electrons. The quantitative estimate of drug-likeness (QED) is 0.876. The zero-order valence-corrected chi connectivity index (χ0v) is 16.1. The third-order valence-corrected chi connectivity index (χ3v) is 5.88. The summed E-state index contributed by atoms with van der Waals surface area (Å²) in [5.41, 5.74) is 1.56. The number of halogens is 2. The number of rotatable bonds is 3. The van der Waals surface area contributed by atoms with Gasteiger partial charge < -0.3 is 14.7 Å². The van der Waals surface area contributed by atoms with Gasteiger partial charge in [0.15, 0.2) is 0 Å². The molecule has 0 unspecified atom stereocenters. The summed E-state index contributed by atoms with van der Waals surface area (Å²) in [6, 6.07) is 9.62. The predicted molar refractivity (Wildman–Crippen MR) is 103 cm³/mol. The molecular formula is C22H26F2N2O2. The van der Waals surface area contributed by atoms with Crippen molar-refractivity contribution in [1.29, 1.82) is 0 Å². The number of hydrogen-bond acceptors (Lipinski definition) is 4. The lowest BCUT2D eigenvalue weighted by Crippen LogP contribution is -2.40. The maximum Gasteiger partial charge on any atom is 0.130 e. The molecule has 6 heteroatoms. The summed E-state index contributed by atoms with van der Waals surface area (Å²) in [6.45, 7) is 3.85. The van der Waals surface area contributed by atoms with Gasteiger partial charge in [0.25, 0.3) is 0 Å². The molecule has 2 aromatic rings. The van der Waals surface area contributed by atoms with E-state index in [4.69, 9.17) is 4.74 Å². The summed E-state index contributed by atoms with van der Waals surface area (Å²) < 4.78 is 33.1. The van der Waals surface area contributed by atoms with E-state index < -0.39 is 17.2 Å². The van der Waals surface area contributed by atoms with Crippen LogP contribution in [0, 0.1) is 11.6 Å². The Labute approximate surface area is 164 Å². The SMILES string of the molecule is CN1CCC(O)(c2ccc3c(c2)CN(Cc2ccc(F)cc2F)CCO3)CC1. The van der Waals surface area contributed by atoms with Gasteiger partial charge in [-0.1, -0.05) is 12.1 Å².